The minimum atomic E-state index is 0.0221. The van der Waals surface area contributed by atoms with E-state index < -0.39 is 0 Å². The minimum absolute atomic E-state index is 0.0221. The largest absolute Gasteiger partial charge is 0.368 e. The Kier molecular flexibility index (Phi) is 3.52. The summed E-state index contributed by atoms with van der Waals surface area (Å²) >= 11 is 0. The summed E-state index contributed by atoms with van der Waals surface area (Å²) in [5.41, 5.74) is 2.53. The Morgan fingerprint density at radius 3 is 2.53 bits per heavy atom. The van der Waals surface area contributed by atoms with E-state index >= 15 is 0 Å². The smallest absolute Gasteiger partial charge is 0.317 e. The van der Waals surface area contributed by atoms with Crippen LogP contribution >= 0.6 is 0 Å². The molecule has 0 aliphatic carbocycles. The Balaban J connectivity index is 1.97. The van der Waals surface area contributed by atoms with E-state index in [1.165, 1.54) is 11.3 Å². The molecule has 1 aromatic rings. The quantitative estimate of drug-likeness (QED) is 0.797. The molecule has 0 spiro atoms. The normalized spacial score (nSPS) is 15.9. The standard InChI is InChI=1S/C13H19N3O/c1-11-4-3-5-12(10-11)15-6-8-16(9-7-15)13(17)14-2/h3-5,10H,6-9H2,1-2H3,(H,14,17). The Bertz CT molecular complexity index is 397. The van der Waals surface area contributed by atoms with Crippen LogP contribution in [0.5, 0.6) is 0 Å². The maximum Gasteiger partial charge on any atom is 0.317 e. The molecule has 1 saturated heterocycles. The van der Waals surface area contributed by atoms with Gasteiger partial charge in [0.2, 0.25) is 0 Å². The first-order chi connectivity index (χ1) is 8.20. The van der Waals surface area contributed by atoms with E-state index in [9.17, 15) is 4.79 Å². The van der Waals surface area contributed by atoms with Gasteiger partial charge in [-0.05, 0) is 24.6 Å². The van der Waals surface area contributed by atoms with Gasteiger partial charge in [0.15, 0.2) is 0 Å². The summed E-state index contributed by atoms with van der Waals surface area (Å²) in [6.07, 6.45) is 0. The number of anilines is 1. The molecule has 2 amide bonds. The molecule has 4 heteroatoms. The van der Waals surface area contributed by atoms with Crippen LogP contribution in [0.2, 0.25) is 0 Å². The number of piperazine rings is 1. The van der Waals surface area contributed by atoms with E-state index in [2.05, 4.69) is 41.4 Å². The van der Waals surface area contributed by atoms with E-state index in [-0.39, 0.29) is 6.03 Å². The van der Waals surface area contributed by atoms with Crippen LogP contribution in [0.1, 0.15) is 5.56 Å². The number of hydrogen-bond acceptors (Lipinski definition) is 2. The summed E-state index contributed by atoms with van der Waals surface area (Å²) in [5.74, 6) is 0. The van der Waals surface area contributed by atoms with Crippen molar-refractivity contribution in [1.29, 1.82) is 0 Å². The van der Waals surface area contributed by atoms with Crippen LogP contribution in [0.25, 0.3) is 0 Å². The first kappa shape index (κ1) is 11.8. The van der Waals surface area contributed by atoms with Crippen molar-refractivity contribution in [3.8, 4) is 0 Å². The number of carbonyl (C=O) groups is 1. The van der Waals surface area contributed by atoms with E-state index in [0.29, 0.717) is 0 Å². The fourth-order valence-electron chi connectivity index (χ4n) is 2.15. The highest BCUT2D eigenvalue weighted by molar-refractivity contribution is 5.74. The summed E-state index contributed by atoms with van der Waals surface area (Å²) in [5, 5.41) is 2.67. The third kappa shape index (κ3) is 2.70. The van der Waals surface area contributed by atoms with Crippen molar-refractivity contribution >= 4 is 11.7 Å². The molecule has 17 heavy (non-hydrogen) atoms. The number of carbonyl (C=O) groups excluding carboxylic acids is 1. The van der Waals surface area contributed by atoms with Gasteiger partial charge in [0.05, 0.1) is 0 Å². The SMILES string of the molecule is CNC(=O)N1CCN(c2cccc(C)c2)CC1. The van der Waals surface area contributed by atoms with Gasteiger partial charge in [-0.15, -0.1) is 0 Å². The molecule has 1 fully saturated rings. The summed E-state index contributed by atoms with van der Waals surface area (Å²) in [6.45, 7) is 5.47. The zero-order valence-electron chi connectivity index (χ0n) is 10.4. The molecule has 0 unspecified atom stereocenters. The van der Waals surface area contributed by atoms with Crippen LogP contribution in [-0.2, 0) is 0 Å². The molecule has 92 valence electrons. The molecule has 1 heterocycles. The van der Waals surface area contributed by atoms with Crippen molar-refractivity contribution < 1.29 is 4.79 Å². The number of hydrogen-bond donors (Lipinski definition) is 1. The van der Waals surface area contributed by atoms with Crippen LogP contribution in [0, 0.1) is 6.92 Å². The molecular weight excluding hydrogens is 214 g/mol. The highest BCUT2D eigenvalue weighted by atomic mass is 16.2. The summed E-state index contributed by atoms with van der Waals surface area (Å²) < 4.78 is 0. The van der Waals surface area contributed by atoms with Gasteiger partial charge in [-0.25, -0.2) is 4.79 Å². The molecule has 0 radical (unpaired) electrons. The Labute approximate surface area is 102 Å². The van der Waals surface area contributed by atoms with Crippen LogP contribution in [0.15, 0.2) is 24.3 Å². The lowest BCUT2D eigenvalue weighted by Gasteiger charge is -2.35. The predicted octanol–water partition coefficient (Wildman–Crippen LogP) is 1.46. The van der Waals surface area contributed by atoms with E-state index in [1.54, 1.807) is 7.05 Å². The zero-order chi connectivity index (χ0) is 12.3. The van der Waals surface area contributed by atoms with Gasteiger partial charge in [0, 0.05) is 38.9 Å². The highest BCUT2D eigenvalue weighted by Crippen LogP contribution is 2.17. The third-order valence-corrected chi connectivity index (χ3v) is 3.15. The highest BCUT2D eigenvalue weighted by Gasteiger charge is 2.20. The monoisotopic (exact) mass is 233 g/mol. The second-order valence-corrected chi connectivity index (χ2v) is 4.37. The van der Waals surface area contributed by atoms with Crippen LogP contribution in [0.4, 0.5) is 10.5 Å². The van der Waals surface area contributed by atoms with Crippen molar-refractivity contribution in [1.82, 2.24) is 10.2 Å². The second kappa shape index (κ2) is 5.08. The van der Waals surface area contributed by atoms with Gasteiger partial charge in [0.1, 0.15) is 0 Å². The van der Waals surface area contributed by atoms with Gasteiger partial charge in [-0.2, -0.15) is 0 Å². The predicted molar refractivity (Wildman–Crippen MR) is 69.4 cm³/mol. The van der Waals surface area contributed by atoms with Crippen LogP contribution in [-0.4, -0.2) is 44.2 Å². The van der Waals surface area contributed by atoms with E-state index in [0.717, 1.165) is 26.2 Å². The number of amides is 2. The molecule has 1 aliphatic heterocycles. The lowest BCUT2D eigenvalue weighted by molar-refractivity contribution is 0.196. The Hall–Kier alpha value is -1.71. The van der Waals surface area contributed by atoms with E-state index in [4.69, 9.17) is 0 Å². The molecule has 0 saturated carbocycles. The fourth-order valence-corrected chi connectivity index (χ4v) is 2.15. The average Bonchev–Trinajstić information content (AvgIpc) is 2.38. The van der Waals surface area contributed by atoms with Crippen molar-refractivity contribution in [3.63, 3.8) is 0 Å². The van der Waals surface area contributed by atoms with E-state index in [1.807, 2.05) is 4.90 Å². The Morgan fingerprint density at radius 2 is 1.94 bits per heavy atom. The number of benzene rings is 1. The van der Waals surface area contributed by atoms with Gasteiger partial charge < -0.3 is 15.1 Å². The van der Waals surface area contributed by atoms with Crippen molar-refractivity contribution in [3.05, 3.63) is 29.8 Å². The molecule has 0 bridgehead atoms. The van der Waals surface area contributed by atoms with Crippen molar-refractivity contribution in [2.75, 3.05) is 38.1 Å². The third-order valence-electron chi connectivity index (χ3n) is 3.15. The Morgan fingerprint density at radius 1 is 1.24 bits per heavy atom. The van der Waals surface area contributed by atoms with Crippen molar-refractivity contribution in [2.45, 2.75) is 6.92 Å². The summed E-state index contributed by atoms with van der Waals surface area (Å²) in [6, 6.07) is 8.52. The fraction of sp³-hybridized carbons (Fsp3) is 0.462. The summed E-state index contributed by atoms with van der Waals surface area (Å²) in [4.78, 5) is 15.6. The summed E-state index contributed by atoms with van der Waals surface area (Å²) in [7, 11) is 1.68. The molecular formula is C13H19N3O. The van der Waals surface area contributed by atoms with Gasteiger partial charge in [0.25, 0.3) is 0 Å². The number of urea groups is 1. The maximum atomic E-state index is 11.5. The molecule has 1 N–H and O–H groups in total. The first-order valence-electron chi connectivity index (χ1n) is 5.99. The van der Waals surface area contributed by atoms with Gasteiger partial charge >= 0.3 is 6.03 Å². The molecule has 4 nitrogen and oxygen atoms in total. The van der Waals surface area contributed by atoms with Crippen LogP contribution < -0.4 is 10.2 Å². The minimum Gasteiger partial charge on any atom is -0.368 e. The molecule has 1 aromatic carbocycles. The molecule has 0 atom stereocenters. The van der Waals surface area contributed by atoms with Gasteiger partial charge in [-0.3, -0.25) is 0 Å². The second-order valence-electron chi connectivity index (χ2n) is 4.37. The molecule has 0 aromatic heterocycles. The average molecular weight is 233 g/mol. The number of rotatable bonds is 1. The van der Waals surface area contributed by atoms with Crippen LogP contribution in [0.3, 0.4) is 0 Å². The van der Waals surface area contributed by atoms with Gasteiger partial charge in [-0.1, -0.05) is 12.1 Å². The zero-order valence-corrected chi connectivity index (χ0v) is 10.4. The number of aryl methyl sites for hydroxylation is 1. The lowest BCUT2D eigenvalue weighted by Crippen LogP contribution is -2.51. The first-order valence-corrected chi connectivity index (χ1v) is 5.99. The topological polar surface area (TPSA) is 35.6 Å². The number of nitrogens with one attached hydrogen (secondary N) is 1. The molecule has 1 aliphatic rings. The van der Waals surface area contributed by atoms with Crippen molar-refractivity contribution in [2.24, 2.45) is 0 Å². The lowest BCUT2D eigenvalue weighted by atomic mass is 10.2. The molecule has 2 rings (SSSR count). The number of nitrogens with zero attached hydrogens (tertiary/aromatic N) is 2. The maximum absolute atomic E-state index is 11.5.